The number of phosphoric acid groups is 1. The summed E-state index contributed by atoms with van der Waals surface area (Å²) < 4.78 is 33.3. The van der Waals surface area contributed by atoms with Crippen molar-refractivity contribution in [2.45, 2.75) is 184 Å². The number of hydrogen-bond acceptors (Lipinski definition) is 14. The first-order valence-corrected chi connectivity index (χ1v) is 24.1. The first-order chi connectivity index (χ1) is 30.2. The largest absolute Gasteiger partial charge is 0.472 e. The van der Waals surface area contributed by atoms with Gasteiger partial charge < -0.3 is 50.1 Å². The minimum atomic E-state index is -5.19. The zero-order chi connectivity index (χ0) is 46.7. The van der Waals surface area contributed by atoms with Crippen molar-refractivity contribution in [1.29, 1.82) is 0 Å². The van der Waals surface area contributed by atoms with E-state index in [1.807, 2.05) is 6.08 Å². The fraction of sp³-hybridized carbons (Fsp3) is 0.660. The molecular formula is C47H77O15P. The van der Waals surface area contributed by atoms with Gasteiger partial charge in [-0.05, 0) is 70.6 Å². The van der Waals surface area contributed by atoms with Crippen molar-refractivity contribution in [1.82, 2.24) is 0 Å². The Labute approximate surface area is 374 Å². The molecule has 0 radical (unpaired) electrons. The van der Waals surface area contributed by atoms with E-state index in [4.69, 9.17) is 18.5 Å². The first kappa shape index (κ1) is 58.0. The van der Waals surface area contributed by atoms with Gasteiger partial charge in [0.15, 0.2) is 6.10 Å². The van der Waals surface area contributed by atoms with Crippen LogP contribution in [0.2, 0.25) is 0 Å². The second kappa shape index (κ2) is 36.2. The molecule has 1 fully saturated rings. The van der Waals surface area contributed by atoms with Crippen LogP contribution in [-0.4, -0.2) is 121 Å². The maximum atomic E-state index is 12.8. The average molecular weight is 913 g/mol. The van der Waals surface area contributed by atoms with Crippen LogP contribution in [0.4, 0.5) is 0 Å². The summed E-state index contributed by atoms with van der Waals surface area (Å²) in [5, 5.41) is 70.4. The molecule has 63 heavy (non-hydrogen) atoms. The van der Waals surface area contributed by atoms with Crippen LogP contribution < -0.4 is 0 Å². The summed E-state index contributed by atoms with van der Waals surface area (Å²) in [5.74, 6) is -1.37. The van der Waals surface area contributed by atoms with Gasteiger partial charge in [-0.1, -0.05) is 131 Å². The molecular weight excluding hydrogens is 835 g/mol. The van der Waals surface area contributed by atoms with Gasteiger partial charge in [-0.2, -0.15) is 0 Å². The average Bonchev–Trinajstić information content (AvgIpc) is 3.25. The lowest BCUT2D eigenvalue weighted by Gasteiger charge is -2.41. The van der Waals surface area contributed by atoms with Crippen molar-refractivity contribution >= 4 is 19.8 Å². The Kier molecular flexibility index (Phi) is 33.3. The monoisotopic (exact) mass is 913 g/mol. The molecule has 0 spiro atoms. The SMILES string of the molecule is CC/C=C\C/C=C\C/C=C\CCCCCCCC(=O)O[C@H](COC(=O)CCC[C@H](O)\C=C/C=C/C=C/[C@H](O)C/C=C\CCCCC)COP(=O)(O)OC1[C@H](O)[C@H](O)C(O)[C@H](O)[C@H]1O. The Morgan fingerprint density at radius 3 is 1.79 bits per heavy atom. The molecule has 0 aliphatic heterocycles. The van der Waals surface area contributed by atoms with Crippen molar-refractivity contribution < 1.29 is 73.3 Å². The third kappa shape index (κ3) is 29.2. The van der Waals surface area contributed by atoms with E-state index < -0.39 is 87.9 Å². The molecule has 3 unspecified atom stereocenters. The van der Waals surface area contributed by atoms with Gasteiger partial charge in [0.05, 0.1) is 18.8 Å². The van der Waals surface area contributed by atoms with Crippen LogP contribution >= 0.6 is 7.82 Å². The van der Waals surface area contributed by atoms with Crippen LogP contribution in [0.1, 0.15) is 129 Å². The Morgan fingerprint density at radius 2 is 1.14 bits per heavy atom. The summed E-state index contributed by atoms with van der Waals surface area (Å²) in [4.78, 5) is 35.7. The quantitative estimate of drug-likeness (QED) is 0.0112. The molecule has 0 aromatic rings. The smallest absolute Gasteiger partial charge is 0.462 e. The van der Waals surface area contributed by atoms with Gasteiger partial charge >= 0.3 is 19.8 Å². The van der Waals surface area contributed by atoms with Gasteiger partial charge in [0, 0.05) is 12.8 Å². The summed E-state index contributed by atoms with van der Waals surface area (Å²) in [6, 6.07) is 0. The molecule has 1 saturated carbocycles. The van der Waals surface area contributed by atoms with E-state index in [9.17, 15) is 54.8 Å². The molecule has 360 valence electrons. The summed E-state index contributed by atoms with van der Waals surface area (Å²) in [5.41, 5.74) is 0. The normalized spacial score (nSPS) is 23.5. The van der Waals surface area contributed by atoms with Gasteiger partial charge in [0.25, 0.3) is 0 Å². The molecule has 0 heterocycles. The van der Waals surface area contributed by atoms with E-state index in [1.165, 1.54) is 12.8 Å². The maximum Gasteiger partial charge on any atom is 0.472 e. The number of carbonyl (C=O) groups excluding carboxylic acids is 2. The summed E-state index contributed by atoms with van der Waals surface area (Å²) >= 11 is 0. The highest BCUT2D eigenvalue weighted by molar-refractivity contribution is 7.47. The zero-order valence-corrected chi connectivity index (χ0v) is 38.2. The molecule has 1 aliphatic carbocycles. The minimum Gasteiger partial charge on any atom is -0.462 e. The van der Waals surface area contributed by atoms with Gasteiger partial charge in [0.1, 0.15) is 43.2 Å². The predicted octanol–water partition coefficient (Wildman–Crippen LogP) is 6.44. The topological polar surface area (TPSA) is 250 Å². The summed E-state index contributed by atoms with van der Waals surface area (Å²) in [6.07, 6.45) is 25.4. The number of hydrogen-bond donors (Lipinski definition) is 8. The van der Waals surface area contributed by atoms with Crippen molar-refractivity contribution in [3.05, 3.63) is 85.1 Å². The highest BCUT2D eigenvalue weighted by atomic mass is 31.2. The molecule has 1 aliphatic rings. The van der Waals surface area contributed by atoms with E-state index >= 15 is 0 Å². The van der Waals surface area contributed by atoms with Crippen molar-refractivity contribution in [3.63, 3.8) is 0 Å². The van der Waals surface area contributed by atoms with Crippen LogP contribution in [0.25, 0.3) is 0 Å². The number of phosphoric ester groups is 1. The lowest BCUT2D eigenvalue weighted by molar-refractivity contribution is -0.220. The highest BCUT2D eigenvalue weighted by Crippen LogP contribution is 2.47. The second-order valence-electron chi connectivity index (χ2n) is 15.6. The number of esters is 2. The van der Waals surface area contributed by atoms with E-state index in [0.29, 0.717) is 12.8 Å². The molecule has 16 heteroatoms. The van der Waals surface area contributed by atoms with Crippen LogP contribution in [0.3, 0.4) is 0 Å². The molecule has 1 rings (SSSR count). The molecule has 0 aromatic heterocycles. The van der Waals surface area contributed by atoms with E-state index in [-0.39, 0.29) is 25.7 Å². The highest BCUT2D eigenvalue weighted by Gasteiger charge is 2.51. The van der Waals surface area contributed by atoms with E-state index in [1.54, 1.807) is 36.5 Å². The van der Waals surface area contributed by atoms with Gasteiger partial charge in [-0.15, -0.1) is 0 Å². The van der Waals surface area contributed by atoms with Crippen LogP contribution in [0.5, 0.6) is 0 Å². The molecule has 0 aromatic carbocycles. The number of unbranched alkanes of at least 4 members (excludes halogenated alkanes) is 8. The Balaban J connectivity index is 2.61. The minimum absolute atomic E-state index is 0.0195. The third-order valence-corrected chi connectivity index (χ3v) is 10.9. The third-order valence-electron chi connectivity index (χ3n) is 9.91. The fourth-order valence-corrected chi connectivity index (χ4v) is 7.17. The van der Waals surface area contributed by atoms with E-state index in [2.05, 4.69) is 56.4 Å². The standard InChI is InChI=1S/C47H77O15P/c1-3-5-7-9-11-12-13-14-15-16-17-18-19-21-27-33-41(51)61-39(36-60-63(57,58)62-47-45(55)43(53)42(52)44(54)46(47)56)35-59-40(50)34-28-32-38(49)31-26-23-22-25-30-37(48)29-24-20-10-8-6-4-2/h5,7,11-12,14-15,20,22-26,30-31,37-39,42-49,52-56H,3-4,6,8-10,13,16-19,21,27-29,32-36H2,1-2H3,(H,57,58)/b7-5-,12-11-,15-14-,23-22+,24-20-,30-25+,31-26-/t37-,38-,39-,42?,43-,44+,45-,46-,47?/m1/s1. The fourth-order valence-electron chi connectivity index (χ4n) is 6.20. The number of ether oxygens (including phenoxy) is 2. The first-order valence-electron chi connectivity index (χ1n) is 22.6. The van der Waals surface area contributed by atoms with Crippen molar-refractivity contribution in [2.24, 2.45) is 0 Å². The number of aliphatic hydroxyl groups is 7. The predicted molar refractivity (Wildman–Crippen MR) is 242 cm³/mol. The molecule has 0 bridgehead atoms. The lowest BCUT2D eigenvalue weighted by Crippen LogP contribution is -2.64. The Morgan fingerprint density at radius 1 is 0.603 bits per heavy atom. The molecule has 15 nitrogen and oxygen atoms in total. The molecule has 10 atom stereocenters. The summed E-state index contributed by atoms with van der Waals surface area (Å²) in [7, 11) is -5.19. The summed E-state index contributed by atoms with van der Waals surface area (Å²) in [6.45, 7) is 2.88. The van der Waals surface area contributed by atoms with Gasteiger partial charge in [0.2, 0.25) is 0 Å². The molecule has 8 N–H and O–H groups in total. The number of rotatable bonds is 35. The van der Waals surface area contributed by atoms with Gasteiger partial charge in [-0.3, -0.25) is 18.6 Å². The Hall–Kier alpha value is -3.05. The molecule has 0 saturated heterocycles. The second-order valence-corrected chi connectivity index (χ2v) is 17.0. The van der Waals surface area contributed by atoms with Crippen LogP contribution in [0.15, 0.2) is 85.1 Å². The van der Waals surface area contributed by atoms with Crippen molar-refractivity contribution in [2.75, 3.05) is 13.2 Å². The van der Waals surface area contributed by atoms with Crippen LogP contribution in [0, 0.1) is 0 Å². The van der Waals surface area contributed by atoms with E-state index in [0.717, 1.165) is 64.2 Å². The zero-order valence-electron chi connectivity index (χ0n) is 37.3. The number of aliphatic hydroxyl groups excluding tert-OH is 7. The van der Waals surface area contributed by atoms with Gasteiger partial charge in [-0.25, -0.2) is 4.57 Å². The van der Waals surface area contributed by atoms with Crippen LogP contribution in [-0.2, 0) is 32.7 Å². The number of carbonyl (C=O) groups is 2. The Bertz CT molecular complexity index is 1460. The number of allylic oxidation sites excluding steroid dienone is 11. The maximum absolute atomic E-state index is 12.8. The molecule has 0 amide bonds. The van der Waals surface area contributed by atoms with Crippen molar-refractivity contribution in [3.8, 4) is 0 Å². The lowest BCUT2D eigenvalue weighted by atomic mass is 9.85.